The number of primary amides is 1. The monoisotopic (exact) mass is 250 g/mol. The number of carbonyl (C=O) groups excluding carboxylic acids is 1. The summed E-state index contributed by atoms with van der Waals surface area (Å²) in [6.45, 7) is 3.65. The molecular weight excluding hydrogens is 232 g/mol. The van der Waals surface area contributed by atoms with Gasteiger partial charge in [0.05, 0.1) is 24.3 Å². The predicted molar refractivity (Wildman–Crippen MR) is 68.4 cm³/mol. The summed E-state index contributed by atoms with van der Waals surface area (Å²) in [6.07, 6.45) is 1.62. The molecule has 18 heavy (non-hydrogen) atoms. The number of rotatable bonds is 3. The maximum Gasteiger partial charge on any atom is 0.252 e. The minimum absolute atomic E-state index is 0.0380. The molecule has 0 aliphatic carbocycles. The van der Waals surface area contributed by atoms with Gasteiger partial charge in [-0.25, -0.2) is 4.98 Å². The molecule has 2 atom stereocenters. The van der Waals surface area contributed by atoms with Crippen LogP contribution in [0.3, 0.4) is 0 Å². The number of hydrogen-bond acceptors (Lipinski definition) is 5. The van der Waals surface area contributed by atoms with Gasteiger partial charge in [0.25, 0.3) is 5.91 Å². The second-order valence-corrected chi connectivity index (χ2v) is 4.43. The molecule has 0 aromatic carbocycles. The lowest BCUT2D eigenvalue weighted by Crippen LogP contribution is -2.51. The van der Waals surface area contributed by atoms with Gasteiger partial charge in [-0.1, -0.05) is 0 Å². The molecule has 1 amide bonds. The fraction of sp³-hybridized carbons (Fsp3) is 0.500. The number of hydrogen-bond donors (Lipinski definition) is 2. The Hall–Kier alpha value is -1.66. The largest absolute Gasteiger partial charge is 0.373 e. The van der Waals surface area contributed by atoms with Gasteiger partial charge in [0.15, 0.2) is 0 Å². The normalized spacial score (nSPS) is 24.0. The zero-order valence-electron chi connectivity index (χ0n) is 10.4. The number of aromatic nitrogens is 1. The zero-order chi connectivity index (χ0) is 13.1. The quantitative estimate of drug-likeness (QED) is 0.770. The van der Waals surface area contributed by atoms with Crippen molar-refractivity contribution in [2.45, 2.75) is 19.1 Å². The molecule has 0 radical (unpaired) electrons. The molecule has 1 aromatic rings. The van der Waals surface area contributed by atoms with E-state index in [9.17, 15) is 4.79 Å². The highest BCUT2D eigenvalue weighted by atomic mass is 16.5. The molecule has 1 saturated heterocycles. The van der Waals surface area contributed by atoms with Crippen LogP contribution in [0.1, 0.15) is 17.3 Å². The molecule has 2 heterocycles. The van der Waals surface area contributed by atoms with Crippen LogP contribution >= 0.6 is 0 Å². The van der Waals surface area contributed by atoms with E-state index in [1.807, 2.05) is 11.8 Å². The van der Waals surface area contributed by atoms with Crippen LogP contribution in [0.15, 0.2) is 18.3 Å². The number of anilines is 1. The van der Waals surface area contributed by atoms with Gasteiger partial charge >= 0.3 is 0 Å². The van der Waals surface area contributed by atoms with Crippen molar-refractivity contribution in [2.24, 2.45) is 11.5 Å². The van der Waals surface area contributed by atoms with Crippen molar-refractivity contribution in [3.8, 4) is 0 Å². The van der Waals surface area contributed by atoms with Crippen molar-refractivity contribution in [3.05, 3.63) is 23.9 Å². The Kier molecular flexibility index (Phi) is 3.78. The topological polar surface area (TPSA) is 94.5 Å². The van der Waals surface area contributed by atoms with Crippen LogP contribution in [0, 0.1) is 0 Å². The van der Waals surface area contributed by atoms with Crippen LogP contribution in [-0.2, 0) is 4.74 Å². The number of carbonyl (C=O) groups is 1. The maximum atomic E-state index is 11.4. The fourth-order valence-corrected chi connectivity index (χ4v) is 2.07. The van der Waals surface area contributed by atoms with Gasteiger partial charge in [0, 0.05) is 19.3 Å². The zero-order valence-corrected chi connectivity index (χ0v) is 10.4. The van der Waals surface area contributed by atoms with E-state index >= 15 is 0 Å². The third-order valence-corrected chi connectivity index (χ3v) is 3.09. The molecule has 1 fully saturated rings. The molecule has 1 aromatic heterocycles. The van der Waals surface area contributed by atoms with E-state index in [4.69, 9.17) is 16.2 Å². The summed E-state index contributed by atoms with van der Waals surface area (Å²) in [5, 5.41) is 0. The van der Waals surface area contributed by atoms with Gasteiger partial charge in [0.2, 0.25) is 0 Å². The smallest absolute Gasteiger partial charge is 0.252 e. The van der Waals surface area contributed by atoms with Crippen LogP contribution in [0.2, 0.25) is 0 Å². The van der Waals surface area contributed by atoms with E-state index in [0.29, 0.717) is 31.1 Å². The van der Waals surface area contributed by atoms with Gasteiger partial charge in [-0.05, 0) is 19.1 Å². The predicted octanol–water partition coefficient (Wildman–Crippen LogP) is -0.267. The highest BCUT2D eigenvalue weighted by molar-refractivity contribution is 5.97. The molecule has 0 bridgehead atoms. The van der Waals surface area contributed by atoms with Gasteiger partial charge in [-0.3, -0.25) is 4.79 Å². The molecule has 1 aliphatic rings. The molecule has 4 N–H and O–H groups in total. The third-order valence-electron chi connectivity index (χ3n) is 3.09. The molecular formula is C12H18N4O2. The van der Waals surface area contributed by atoms with Crippen LogP contribution in [0.25, 0.3) is 0 Å². The van der Waals surface area contributed by atoms with Crippen molar-refractivity contribution in [2.75, 3.05) is 24.6 Å². The first kappa shape index (κ1) is 12.8. The van der Waals surface area contributed by atoms with E-state index < -0.39 is 5.91 Å². The molecule has 6 nitrogen and oxygen atoms in total. The summed E-state index contributed by atoms with van der Waals surface area (Å²) in [6, 6.07) is 3.53. The van der Waals surface area contributed by atoms with Crippen molar-refractivity contribution < 1.29 is 9.53 Å². The van der Waals surface area contributed by atoms with Crippen molar-refractivity contribution in [3.63, 3.8) is 0 Å². The third kappa shape index (κ3) is 2.44. The van der Waals surface area contributed by atoms with Crippen molar-refractivity contribution in [1.82, 2.24) is 4.98 Å². The van der Waals surface area contributed by atoms with E-state index in [0.717, 1.165) is 0 Å². The summed E-state index contributed by atoms with van der Waals surface area (Å²) < 4.78 is 5.58. The number of pyridine rings is 1. The summed E-state index contributed by atoms with van der Waals surface area (Å²) in [5.74, 6) is 0.139. The van der Waals surface area contributed by atoms with Gasteiger partial charge < -0.3 is 21.1 Å². The van der Waals surface area contributed by atoms with E-state index in [1.54, 1.807) is 18.3 Å². The number of nitrogens with zero attached hydrogens (tertiary/aromatic N) is 2. The first-order valence-electron chi connectivity index (χ1n) is 5.96. The summed E-state index contributed by atoms with van der Waals surface area (Å²) in [5.41, 5.74) is 11.4. The Labute approximate surface area is 106 Å². The average molecular weight is 250 g/mol. The number of nitrogens with two attached hydrogens (primary N) is 2. The molecule has 0 spiro atoms. The maximum absolute atomic E-state index is 11.4. The Morgan fingerprint density at radius 3 is 3.11 bits per heavy atom. The first-order valence-corrected chi connectivity index (χ1v) is 5.96. The number of amides is 1. The highest BCUT2D eigenvalue weighted by Gasteiger charge is 2.28. The van der Waals surface area contributed by atoms with Crippen LogP contribution in [-0.4, -0.2) is 42.7 Å². The van der Waals surface area contributed by atoms with Crippen molar-refractivity contribution >= 4 is 11.7 Å². The van der Waals surface area contributed by atoms with Crippen molar-refractivity contribution in [1.29, 1.82) is 0 Å². The lowest BCUT2D eigenvalue weighted by atomic mass is 10.1. The van der Waals surface area contributed by atoms with Gasteiger partial charge in [-0.15, -0.1) is 0 Å². The van der Waals surface area contributed by atoms with Crippen LogP contribution < -0.4 is 16.4 Å². The van der Waals surface area contributed by atoms with E-state index in [-0.39, 0.29) is 12.1 Å². The standard InChI is InChI=1S/C12H18N4O2/c1-8-7-18-9(5-13)6-16(8)12-10(11(14)17)3-2-4-15-12/h2-4,8-9H,5-7,13H2,1H3,(H2,14,17). The second-order valence-electron chi connectivity index (χ2n) is 4.43. The average Bonchev–Trinajstić information content (AvgIpc) is 2.39. The molecule has 2 rings (SSSR count). The lowest BCUT2D eigenvalue weighted by molar-refractivity contribution is 0.0279. The Morgan fingerprint density at radius 1 is 1.67 bits per heavy atom. The molecule has 0 saturated carbocycles. The lowest BCUT2D eigenvalue weighted by Gasteiger charge is -2.39. The van der Waals surface area contributed by atoms with Crippen LogP contribution in [0.4, 0.5) is 5.82 Å². The van der Waals surface area contributed by atoms with Gasteiger partial charge in [-0.2, -0.15) is 0 Å². The minimum Gasteiger partial charge on any atom is -0.373 e. The fourth-order valence-electron chi connectivity index (χ4n) is 2.07. The second kappa shape index (κ2) is 5.32. The summed E-state index contributed by atoms with van der Waals surface area (Å²) in [4.78, 5) is 17.7. The molecule has 1 aliphatic heterocycles. The SMILES string of the molecule is CC1COC(CN)CN1c1ncccc1C(N)=O. The number of morpholine rings is 1. The van der Waals surface area contributed by atoms with Gasteiger partial charge in [0.1, 0.15) is 5.82 Å². The Morgan fingerprint density at radius 2 is 2.44 bits per heavy atom. The molecule has 6 heteroatoms. The molecule has 2 unspecified atom stereocenters. The Balaban J connectivity index is 2.31. The van der Waals surface area contributed by atoms with Crippen LogP contribution in [0.5, 0.6) is 0 Å². The van der Waals surface area contributed by atoms with E-state index in [1.165, 1.54) is 0 Å². The summed E-state index contributed by atoms with van der Waals surface area (Å²) >= 11 is 0. The Bertz CT molecular complexity index is 438. The first-order chi connectivity index (χ1) is 8.63. The molecule has 98 valence electrons. The number of ether oxygens (including phenoxy) is 1. The summed E-state index contributed by atoms with van der Waals surface area (Å²) in [7, 11) is 0. The highest BCUT2D eigenvalue weighted by Crippen LogP contribution is 2.22. The minimum atomic E-state index is -0.471. The van der Waals surface area contributed by atoms with E-state index in [2.05, 4.69) is 4.98 Å².